The number of nitrogens with one attached hydrogen (secondary N) is 2. The van der Waals surface area contributed by atoms with Crippen LogP contribution < -0.4 is 10.6 Å². The van der Waals surface area contributed by atoms with Crippen LogP contribution in [0.2, 0.25) is 0 Å². The Morgan fingerprint density at radius 2 is 2.04 bits per heavy atom. The van der Waals surface area contributed by atoms with Crippen molar-refractivity contribution in [3.63, 3.8) is 0 Å². The van der Waals surface area contributed by atoms with Crippen LogP contribution in [0, 0.1) is 0 Å². The van der Waals surface area contributed by atoms with Crippen molar-refractivity contribution in [1.29, 1.82) is 0 Å². The zero-order valence-electron chi connectivity index (χ0n) is 13.9. The number of pyridine rings is 1. The maximum Gasteiger partial charge on any atom is 0.255 e. The summed E-state index contributed by atoms with van der Waals surface area (Å²) in [6.07, 6.45) is 7.50. The van der Waals surface area contributed by atoms with Crippen molar-refractivity contribution < 1.29 is 9.53 Å². The van der Waals surface area contributed by atoms with Gasteiger partial charge in [-0.15, -0.1) is 0 Å². The van der Waals surface area contributed by atoms with E-state index in [0.29, 0.717) is 17.6 Å². The normalized spacial score (nSPS) is 18.7. The van der Waals surface area contributed by atoms with E-state index in [1.165, 1.54) is 0 Å². The second-order valence-electron chi connectivity index (χ2n) is 6.52. The quantitative estimate of drug-likeness (QED) is 0.876. The van der Waals surface area contributed by atoms with Crippen molar-refractivity contribution in [3.05, 3.63) is 18.0 Å². The van der Waals surface area contributed by atoms with E-state index in [1.807, 2.05) is 11.6 Å². The number of hydrogen-bond donors (Lipinski definition) is 2. The molecule has 2 N–H and O–H groups in total. The van der Waals surface area contributed by atoms with E-state index in [2.05, 4.69) is 20.7 Å². The monoisotopic (exact) mass is 329 g/mol. The van der Waals surface area contributed by atoms with Crippen LogP contribution in [0.15, 0.2) is 12.4 Å². The molecule has 2 aromatic heterocycles. The zero-order chi connectivity index (χ0) is 16.5. The average Bonchev–Trinajstić information content (AvgIpc) is 3.32. The summed E-state index contributed by atoms with van der Waals surface area (Å²) < 4.78 is 7.29. The average molecular weight is 329 g/mol. The summed E-state index contributed by atoms with van der Waals surface area (Å²) in [5.74, 6) is -0.0503. The molecule has 4 rings (SSSR count). The molecule has 1 saturated heterocycles. The highest BCUT2D eigenvalue weighted by molar-refractivity contribution is 6.06. The summed E-state index contributed by atoms with van der Waals surface area (Å²) in [4.78, 5) is 17.1. The van der Waals surface area contributed by atoms with Crippen LogP contribution in [0.1, 0.15) is 43.0 Å². The maximum atomic E-state index is 12.6. The smallest absolute Gasteiger partial charge is 0.255 e. The number of nitrogens with zero attached hydrogens (tertiary/aromatic N) is 3. The number of amides is 1. The summed E-state index contributed by atoms with van der Waals surface area (Å²) in [6.45, 7) is 4.29. The molecule has 0 unspecified atom stereocenters. The molecule has 3 heterocycles. The first-order valence-corrected chi connectivity index (χ1v) is 8.76. The van der Waals surface area contributed by atoms with Gasteiger partial charge in [-0.25, -0.2) is 9.67 Å². The lowest BCUT2D eigenvalue weighted by atomic mass is 10.1. The van der Waals surface area contributed by atoms with Gasteiger partial charge in [0.25, 0.3) is 5.91 Å². The Hall–Kier alpha value is -2.15. The molecule has 1 saturated carbocycles. The molecule has 0 aromatic carbocycles. The van der Waals surface area contributed by atoms with Gasteiger partial charge in [-0.1, -0.05) is 0 Å². The van der Waals surface area contributed by atoms with E-state index in [0.717, 1.165) is 62.2 Å². The zero-order valence-corrected chi connectivity index (χ0v) is 13.9. The maximum absolute atomic E-state index is 12.6. The van der Waals surface area contributed by atoms with Gasteiger partial charge >= 0.3 is 0 Å². The highest BCUT2D eigenvalue weighted by Gasteiger charge is 2.27. The van der Waals surface area contributed by atoms with Gasteiger partial charge in [-0.2, -0.15) is 5.10 Å². The van der Waals surface area contributed by atoms with Crippen molar-refractivity contribution in [1.82, 2.24) is 20.1 Å². The lowest BCUT2D eigenvalue weighted by Gasteiger charge is -2.25. The van der Waals surface area contributed by atoms with Crippen LogP contribution in [0.3, 0.4) is 0 Å². The van der Waals surface area contributed by atoms with Gasteiger partial charge in [0.2, 0.25) is 0 Å². The Bertz CT molecular complexity index is 747. The molecule has 0 radical (unpaired) electrons. The molecule has 7 nitrogen and oxygen atoms in total. The second-order valence-corrected chi connectivity index (χ2v) is 6.52. The van der Waals surface area contributed by atoms with Gasteiger partial charge in [0.05, 0.1) is 22.8 Å². The molecular weight excluding hydrogens is 306 g/mol. The molecule has 0 spiro atoms. The Labute approximate surface area is 140 Å². The highest BCUT2D eigenvalue weighted by Crippen LogP contribution is 2.29. The molecule has 1 aliphatic heterocycles. The third-order valence-electron chi connectivity index (χ3n) is 4.69. The number of ether oxygens (including phenoxy) is 1. The van der Waals surface area contributed by atoms with E-state index >= 15 is 0 Å². The number of hydrogen-bond acceptors (Lipinski definition) is 5. The molecule has 7 heteroatoms. The SMILES string of the molecule is CCn1ncc2c(NC3CCOCC3)c(C(=O)NC3CC3)cnc21. The Kier molecular flexibility index (Phi) is 4.10. The van der Waals surface area contributed by atoms with Crippen LogP contribution in [-0.4, -0.2) is 46.0 Å². The first kappa shape index (κ1) is 15.4. The molecule has 2 aliphatic rings. The predicted molar refractivity (Wildman–Crippen MR) is 91.2 cm³/mol. The predicted octanol–water partition coefficient (Wildman–Crippen LogP) is 1.93. The second kappa shape index (κ2) is 6.39. The summed E-state index contributed by atoms with van der Waals surface area (Å²) in [5.41, 5.74) is 2.27. The fraction of sp³-hybridized carbons (Fsp3) is 0.588. The molecule has 0 bridgehead atoms. The first-order valence-electron chi connectivity index (χ1n) is 8.76. The van der Waals surface area contributed by atoms with Gasteiger partial charge in [0.1, 0.15) is 0 Å². The van der Waals surface area contributed by atoms with Crippen molar-refractivity contribution >= 4 is 22.6 Å². The lowest BCUT2D eigenvalue weighted by molar-refractivity contribution is 0.0904. The third-order valence-corrected chi connectivity index (χ3v) is 4.69. The Balaban J connectivity index is 1.72. The van der Waals surface area contributed by atoms with Crippen LogP contribution in [0.4, 0.5) is 5.69 Å². The standard InChI is InChI=1S/C17H23N5O2/c1-2-22-16-13(10-19-22)15(20-12-5-7-24-8-6-12)14(9-18-16)17(23)21-11-3-4-11/h9-12H,2-8H2,1H3,(H,18,20)(H,21,23). The van der Waals surface area contributed by atoms with E-state index in [9.17, 15) is 4.79 Å². The van der Waals surface area contributed by atoms with Gasteiger partial charge in [-0.3, -0.25) is 4.79 Å². The number of rotatable bonds is 5. The third kappa shape index (κ3) is 2.96. The van der Waals surface area contributed by atoms with E-state index in [4.69, 9.17) is 4.74 Å². The largest absolute Gasteiger partial charge is 0.381 e. The summed E-state index contributed by atoms with van der Waals surface area (Å²) in [6, 6.07) is 0.629. The summed E-state index contributed by atoms with van der Waals surface area (Å²) in [5, 5.41) is 11.9. The number of fused-ring (bicyclic) bond motifs is 1. The number of anilines is 1. The van der Waals surface area contributed by atoms with Gasteiger partial charge in [0.15, 0.2) is 5.65 Å². The molecule has 128 valence electrons. The van der Waals surface area contributed by atoms with Crippen molar-refractivity contribution in [3.8, 4) is 0 Å². The topological polar surface area (TPSA) is 81.1 Å². The van der Waals surface area contributed by atoms with Gasteiger partial charge < -0.3 is 15.4 Å². The summed E-state index contributed by atoms with van der Waals surface area (Å²) in [7, 11) is 0. The van der Waals surface area contributed by atoms with Crippen molar-refractivity contribution in [2.75, 3.05) is 18.5 Å². The minimum atomic E-state index is -0.0503. The number of aryl methyl sites for hydroxylation is 1. The molecule has 1 amide bonds. The summed E-state index contributed by atoms with van der Waals surface area (Å²) >= 11 is 0. The molecule has 24 heavy (non-hydrogen) atoms. The number of carbonyl (C=O) groups excluding carboxylic acids is 1. The molecule has 0 atom stereocenters. The van der Waals surface area contributed by atoms with Gasteiger partial charge in [-0.05, 0) is 32.6 Å². The molecule has 2 aromatic rings. The fourth-order valence-electron chi connectivity index (χ4n) is 3.12. The minimum absolute atomic E-state index is 0.0503. The molecule has 2 fully saturated rings. The van der Waals surface area contributed by atoms with Crippen LogP contribution in [0.25, 0.3) is 11.0 Å². The molecular formula is C17H23N5O2. The van der Waals surface area contributed by atoms with E-state index in [1.54, 1.807) is 12.4 Å². The van der Waals surface area contributed by atoms with Crippen LogP contribution >= 0.6 is 0 Å². The van der Waals surface area contributed by atoms with Crippen molar-refractivity contribution in [2.24, 2.45) is 0 Å². The van der Waals surface area contributed by atoms with E-state index < -0.39 is 0 Å². The minimum Gasteiger partial charge on any atom is -0.381 e. The lowest BCUT2D eigenvalue weighted by Crippen LogP contribution is -2.31. The van der Waals surface area contributed by atoms with Crippen LogP contribution in [-0.2, 0) is 11.3 Å². The highest BCUT2D eigenvalue weighted by atomic mass is 16.5. The number of carbonyl (C=O) groups is 1. The van der Waals surface area contributed by atoms with Gasteiger partial charge in [0, 0.05) is 38.0 Å². The van der Waals surface area contributed by atoms with Crippen LogP contribution in [0.5, 0.6) is 0 Å². The Morgan fingerprint density at radius 1 is 1.25 bits per heavy atom. The first-order chi connectivity index (χ1) is 11.8. The number of aromatic nitrogens is 3. The van der Waals surface area contributed by atoms with E-state index in [-0.39, 0.29) is 5.91 Å². The van der Waals surface area contributed by atoms with Crippen molar-refractivity contribution in [2.45, 2.75) is 51.2 Å². The fourth-order valence-corrected chi connectivity index (χ4v) is 3.12. The molecule has 1 aliphatic carbocycles. The Morgan fingerprint density at radius 3 is 2.75 bits per heavy atom.